The Labute approximate surface area is 103 Å². The highest BCUT2D eigenvalue weighted by atomic mass is 35.5. The first kappa shape index (κ1) is 13.2. The smallest absolute Gasteiger partial charge is 0.171 e. The van der Waals surface area contributed by atoms with Crippen LogP contribution in [0.15, 0.2) is 12.4 Å². The van der Waals surface area contributed by atoms with Crippen LogP contribution in [0.1, 0.15) is 39.5 Å². The lowest BCUT2D eigenvalue weighted by Crippen LogP contribution is -2.14. The molecule has 16 heavy (non-hydrogen) atoms. The average Bonchev–Trinajstić information content (AvgIpc) is 2.31. The second-order valence-corrected chi connectivity index (χ2v) is 4.35. The maximum Gasteiger partial charge on any atom is 0.171 e. The highest BCUT2D eigenvalue weighted by Crippen LogP contribution is 2.17. The summed E-state index contributed by atoms with van der Waals surface area (Å²) in [5.74, 6) is 1.39. The topological polar surface area (TPSA) is 37.8 Å². The van der Waals surface area contributed by atoms with Crippen molar-refractivity contribution in [2.45, 2.75) is 39.5 Å². The number of hydrogen-bond acceptors (Lipinski definition) is 3. The highest BCUT2D eigenvalue weighted by Gasteiger charge is 2.07. The van der Waals surface area contributed by atoms with Crippen molar-refractivity contribution in [2.24, 2.45) is 5.92 Å². The first-order valence-electron chi connectivity index (χ1n) is 5.98. The van der Waals surface area contributed by atoms with E-state index in [1.807, 2.05) is 0 Å². The number of halogens is 1. The van der Waals surface area contributed by atoms with E-state index in [1.54, 1.807) is 12.4 Å². The molecule has 90 valence electrons. The zero-order valence-electron chi connectivity index (χ0n) is 10.0. The van der Waals surface area contributed by atoms with E-state index in [2.05, 4.69) is 29.1 Å². The van der Waals surface area contributed by atoms with Crippen molar-refractivity contribution in [1.29, 1.82) is 0 Å². The summed E-state index contributed by atoms with van der Waals surface area (Å²) >= 11 is 5.92. The lowest BCUT2D eigenvalue weighted by molar-refractivity contribution is 0.472. The van der Waals surface area contributed by atoms with Crippen molar-refractivity contribution in [3.05, 3.63) is 17.5 Å². The molecule has 0 saturated heterocycles. The van der Waals surface area contributed by atoms with Gasteiger partial charge < -0.3 is 5.32 Å². The van der Waals surface area contributed by atoms with Gasteiger partial charge in [0.2, 0.25) is 0 Å². The van der Waals surface area contributed by atoms with Crippen LogP contribution in [-0.2, 0) is 0 Å². The van der Waals surface area contributed by atoms with Gasteiger partial charge >= 0.3 is 0 Å². The van der Waals surface area contributed by atoms with E-state index >= 15 is 0 Å². The summed E-state index contributed by atoms with van der Waals surface area (Å²) in [4.78, 5) is 8.14. The van der Waals surface area contributed by atoms with E-state index in [0.29, 0.717) is 16.9 Å². The molecular formula is C12H20ClN3. The first-order chi connectivity index (χ1) is 7.77. The summed E-state index contributed by atoms with van der Waals surface area (Å²) < 4.78 is 0. The molecule has 0 bridgehead atoms. The number of aromatic nitrogens is 2. The van der Waals surface area contributed by atoms with Crippen LogP contribution < -0.4 is 5.32 Å². The predicted octanol–water partition coefficient (Wildman–Crippen LogP) is 3.76. The van der Waals surface area contributed by atoms with Crippen molar-refractivity contribution < 1.29 is 0 Å². The van der Waals surface area contributed by atoms with Gasteiger partial charge in [-0.1, -0.05) is 44.7 Å². The number of hydrogen-bond donors (Lipinski definition) is 1. The third-order valence-electron chi connectivity index (χ3n) is 2.76. The van der Waals surface area contributed by atoms with Crippen LogP contribution in [0.3, 0.4) is 0 Å². The maximum atomic E-state index is 5.92. The molecule has 0 unspecified atom stereocenters. The van der Waals surface area contributed by atoms with E-state index in [1.165, 1.54) is 25.7 Å². The zero-order valence-corrected chi connectivity index (χ0v) is 10.8. The van der Waals surface area contributed by atoms with Crippen LogP contribution in [0.4, 0.5) is 5.82 Å². The molecule has 0 aliphatic heterocycles. The number of nitrogens with zero attached hydrogens (tertiary/aromatic N) is 2. The van der Waals surface area contributed by atoms with E-state index in [0.717, 1.165) is 6.54 Å². The van der Waals surface area contributed by atoms with Crippen molar-refractivity contribution in [3.63, 3.8) is 0 Å². The fourth-order valence-electron chi connectivity index (χ4n) is 1.62. The summed E-state index contributed by atoms with van der Waals surface area (Å²) in [6.45, 7) is 5.37. The Balaban J connectivity index is 2.40. The largest absolute Gasteiger partial charge is 0.367 e. The summed E-state index contributed by atoms with van der Waals surface area (Å²) in [6.07, 6.45) is 8.24. The molecule has 0 saturated carbocycles. The van der Waals surface area contributed by atoms with Gasteiger partial charge in [-0.15, -0.1) is 0 Å². The minimum Gasteiger partial charge on any atom is -0.367 e. The lowest BCUT2D eigenvalue weighted by atomic mass is 9.99. The van der Waals surface area contributed by atoms with Gasteiger partial charge in [-0.05, 0) is 12.3 Å². The molecule has 1 N–H and O–H groups in total. The van der Waals surface area contributed by atoms with Crippen LogP contribution in [-0.4, -0.2) is 16.5 Å². The first-order valence-corrected chi connectivity index (χ1v) is 6.36. The Morgan fingerprint density at radius 1 is 1.31 bits per heavy atom. The molecule has 0 aliphatic rings. The van der Waals surface area contributed by atoms with E-state index in [9.17, 15) is 0 Å². The predicted molar refractivity (Wildman–Crippen MR) is 68.8 cm³/mol. The Morgan fingerprint density at radius 2 is 2.06 bits per heavy atom. The molecule has 1 aromatic rings. The summed E-state index contributed by atoms with van der Waals surface area (Å²) in [5.41, 5.74) is 0. The number of anilines is 1. The molecule has 1 aromatic heterocycles. The van der Waals surface area contributed by atoms with E-state index < -0.39 is 0 Å². The summed E-state index contributed by atoms with van der Waals surface area (Å²) in [6, 6.07) is 0. The number of unbranched alkanes of at least 4 members (excludes halogenated alkanes) is 1. The fourth-order valence-corrected chi connectivity index (χ4v) is 1.80. The summed E-state index contributed by atoms with van der Waals surface area (Å²) in [7, 11) is 0. The van der Waals surface area contributed by atoms with Gasteiger partial charge in [0.05, 0.1) is 0 Å². The lowest BCUT2D eigenvalue weighted by Gasteiger charge is -2.15. The van der Waals surface area contributed by atoms with Crippen LogP contribution in [0.5, 0.6) is 0 Å². The third-order valence-corrected chi connectivity index (χ3v) is 3.03. The van der Waals surface area contributed by atoms with Crippen molar-refractivity contribution in [3.8, 4) is 0 Å². The molecule has 1 rings (SSSR count). The van der Waals surface area contributed by atoms with Gasteiger partial charge in [0.1, 0.15) is 0 Å². The van der Waals surface area contributed by atoms with Gasteiger partial charge in [-0.25, -0.2) is 9.97 Å². The minimum absolute atomic E-state index is 0.452. The van der Waals surface area contributed by atoms with E-state index in [-0.39, 0.29) is 0 Å². The zero-order chi connectivity index (χ0) is 11.8. The van der Waals surface area contributed by atoms with E-state index in [4.69, 9.17) is 11.6 Å². The molecule has 0 radical (unpaired) electrons. The number of rotatable bonds is 7. The molecule has 0 aliphatic carbocycles. The van der Waals surface area contributed by atoms with Crippen molar-refractivity contribution in [2.75, 3.05) is 11.9 Å². The molecule has 0 aromatic carbocycles. The summed E-state index contributed by atoms with van der Waals surface area (Å²) in [5, 5.41) is 3.72. The molecule has 0 spiro atoms. The van der Waals surface area contributed by atoms with Gasteiger partial charge in [0, 0.05) is 18.9 Å². The van der Waals surface area contributed by atoms with Crippen molar-refractivity contribution in [1.82, 2.24) is 9.97 Å². The Bertz CT molecular complexity index is 304. The van der Waals surface area contributed by atoms with Gasteiger partial charge in [-0.3, -0.25) is 0 Å². The average molecular weight is 242 g/mol. The Hall–Kier alpha value is -0.830. The molecule has 0 amide bonds. The maximum absolute atomic E-state index is 5.92. The van der Waals surface area contributed by atoms with Crippen LogP contribution in [0.25, 0.3) is 0 Å². The van der Waals surface area contributed by atoms with Crippen LogP contribution in [0.2, 0.25) is 5.15 Å². The second-order valence-electron chi connectivity index (χ2n) is 3.99. The molecule has 4 heteroatoms. The molecule has 3 nitrogen and oxygen atoms in total. The minimum atomic E-state index is 0.452. The molecule has 1 atom stereocenters. The van der Waals surface area contributed by atoms with Gasteiger partial charge in [0.25, 0.3) is 0 Å². The third kappa shape index (κ3) is 4.35. The quantitative estimate of drug-likeness (QED) is 0.790. The normalized spacial score (nSPS) is 12.4. The SMILES string of the molecule is CCCC[C@H](CC)CNc1nccnc1Cl. The monoisotopic (exact) mass is 241 g/mol. The fraction of sp³-hybridized carbons (Fsp3) is 0.667. The standard InChI is InChI=1S/C12H20ClN3/c1-3-5-6-10(4-2)9-16-12-11(13)14-7-8-15-12/h7-8,10H,3-6,9H2,1-2H3,(H,15,16)/t10-/m0/s1. The Morgan fingerprint density at radius 3 is 2.69 bits per heavy atom. The highest BCUT2D eigenvalue weighted by molar-refractivity contribution is 6.31. The van der Waals surface area contributed by atoms with Gasteiger partial charge in [-0.2, -0.15) is 0 Å². The molecule has 1 heterocycles. The van der Waals surface area contributed by atoms with Crippen molar-refractivity contribution >= 4 is 17.4 Å². The van der Waals surface area contributed by atoms with Gasteiger partial charge in [0.15, 0.2) is 11.0 Å². The molecule has 0 fully saturated rings. The second kappa shape index (κ2) is 7.44. The van der Waals surface area contributed by atoms with Crippen LogP contribution in [0, 0.1) is 5.92 Å². The Kier molecular flexibility index (Phi) is 6.16. The number of nitrogens with one attached hydrogen (secondary N) is 1. The van der Waals surface area contributed by atoms with Crippen LogP contribution >= 0.6 is 11.6 Å². The molecular weight excluding hydrogens is 222 g/mol.